The van der Waals surface area contributed by atoms with Gasteiger partial charge in [0.05, 0.1) is 19.0 Å². The highest BCUT2D eigenvalue weighted by Crippen LogP contribution is 2.31. The quantitative estimate of drug-likeness (QED) is 0.644. The van der Waals surface area contributed by atoms with Gasteiger partial charge < -0.3 is 9.47 Å². The standard InChI is InChI=1S/C15H23ClO4S/c1-4-15(5-2,12-21(16,17)18)11-20-14-9-7-13(8-10-14)19-6-3/h7-10H,4-6,11-12H2,1-3H3. The summed E-state index contributed by atoms with van der Waals surface area (Å²) in [6, 6.07) is 7.29. The van der Waals surface area contributed by atoms with Crippen molar-refractivity contribution in [2.45, 2.75) is 33.6 Å². The van der Waals surface area contributed by atoms with Gasteiger partial charge in [0.2, 0.25) is 9.05 Å². The summed E-state index contributed by atoms with van der Waals surface area (Å²) in [6.45, 7) is 6.76. The highest BCUT2D eigenvalue weighted by atomic mass is 35.7. The molecular weight excluding hydrogens is 312 g/mol. The maximum absolute atomic E-state index is 11.4. The van der Waals surface area contributed by atoms with E-state index < -0.39 is 14.5 Å². The largest absolute Gasteiger partial charge is 0.494 e. The maximum atomic E-state index is 11.4. The van der Waals surface area contributed by atoms with Crippen LogP contribution in [0.15, 0.2) is 24.3 Å². The van der Waals surface area contributed by atoms with E-state index in [1.807, 2.05) is 45.0 Å². The molecule has 21 heavy (non-hydrogen) atoms. The van der Waals surface area contributed by atoms with Crippen molar-refractivity contribution in [3.8, 4) is 11.5 Å². The van der Waals surface area contributed by atoms with Gasteiger partial charge in [-0.05, 0) is 44.0 Å². The molecule has 0 aliphatic heterocycles. The summed E-state index contributed by atoms with van der Waals surface area (Å²) >= 11 is 0. The van der Waals surface area contributed by atoms with E-state index in [-0.39, 0.29) is 5.75 Å². The van der Waals surface area contributed by atoms with Crippen molar-refractivity contribution in [2.24, 2.45) is 5.41 Å². The Morgan fingerprint density at radius 3 is 1.86 bits per heavy atom. The van der Waals surface area contributed by atoms with Crippen molar-refractivity contribution in [3.63, 3.8) is 0 Å². The van der Waals surface area contributed by atoms with E-state index in [4.69, 9.17) is 20.2 Å². The predicted octanol–water partition coefficient (Wildman–Crippen LogP) is 3.84. The average molecular weight is 335 g/mol. The van der Waals surface area contributed by atoms with E-state index in [1.54, 1.807) is 0 Å². The van der Waals surface area contributed by atoms with Crippen LogP contribution in [0.1, 0.15) is 33.6 Å². The van der Waals surface area contributed by atoms with E-state index >= 15 is 0 Å². The molecule has 0 saturated carbocycles. The van der Waals surface area contributed by atoms with Crippen LogP contribution in [-0.2, 0) is 9.05 Å². The van der Waals surface area contributed by atoms with Crippen LogP contribution < -0.4 is 9.47 Å². The van der Waals surface area contributed by atoms with Crippen molar-refractivity contribution in [3.05, 3.63) is 24.3 Å². The molecule has 0 unspecified atom stereocenters. The Balaban J connectivity index is 2.72. The predicted molar refractivity (Wildman–Crippen MR) is 85.8 cm³/mol. The fraction of sp³-hybridized carbons (Fsp3) is 0.600. The number of hydrogen-bond acceptors (Lipinski definition) is 4. The first-order chi connectivity index (χ1) is 9.84. The Hall–Kier alpha value is -0.940. The number of rotatable bonds is 9. The molecule has 1 rings (SSSR count). The summed E-state index contributed by atoms with van der Waals surface area (Å²) in [5.74, 6) is 1.40. The Labute approximate surface area is 131 Å². The zero-order valence-electron chi connectivity index (χ0n) is 12.8. The lowest BCUT2D eigenvalue weighted by molar-refractivity contribution is 0.155. The average Bonchev–Trinajstić information content (AvgIpc) is 2.44. The van der Waals surface area contributed by atoms with Crippen LogP contribution in [0.3, 0.4) is 0 Å². The molecule has 1 aromatic rings. The van der Waals surface area contributed by atoms with Crippen LogP contribution >= 0.6 is 10.7 Å². The smallest absolute Gasteiger partial charge is 0.233 e. The third-order valence-electron chi connectivity index (χ3n) is 3.66. The fourth-order valence-corrected chi connectivity index (χ4v) is 4.02. The Kier molecular flexibility index (Phi) is 6.81. The first-order valence-electron chi connectivity index (χ1n) is 7.12. The summed E-state index contributed by atoms with van der Waals surface area (Å²) in [6.07, 6.45) is 1.37. The molecular formula is C15H23ClO4S. The fourth-order valence-electron chi connectivity index (χ4n) is 2.10. The highest BCUT2D eigenvalue weighted by molar-refractivity contribution is 8.13. The van der Waals surface area contributed by atoms with E-state index in [9.17, 15) is 8.42 Å². The summed E-state index contributed by atoms with van der Waals surface area (Å²) in [4.78, 5) is 0. The number of benzene rings is 1. The SMILES string of the molecule is CCOc1ccc(OCC(CC)(CC)CS(=O)(=O)Cl)cc1. The molecule has 0 bridgehead atoms. The second-order valence-electron chi connectivity index (χ2n) is 5.08. The van der Waals surface area contributed by atoms with Crippen molar-refractivity contribution in [1.29, 1.82) is 0 Å². The third-order valence-corrected chi connectivity index (χ3v) is 4.94. The first kappa shape index (κ1) is 18.1. The van der Waals surface area contributed by atoms with E-state index in [1.165, 1.54) is 0 Å². The van der Waals surface area contributed by atoms with Crippen molar-refractivity contribution >= 4 is 19.7 Å². The van der Waals surface area contributed by atoms with Gasteiger partial charge in [0.25, 0.3) is 0 Å². The summed E-state index contributed by atoms with van der Waals surface area (Å²) < 4.78 is 33.9. The molecule has 0 spiro atoms. The van der Waals surface area contributed by atoms with Crippen molar-refractivity contribution in [2.75, 3.05) is 19.0 Å². The number of halogens is 1. The highest BCUT2D eigenvalue weighted by Gasteiger charge is 2.32. The molecule has 0 radical (unpaired) electrons. The van der Waals surface area contributed by atoms with Crippen LogP contribution in [0.4, 0.5) is 0 Å². The minimum absolute atomic E-state index is 0.0778. The monoisotopic (exact) mass is 334 g/mol. The van der Waals surface area contributed by atoms with Gasteiger partial charge in [-0.25, -0.2) is 8.42 Å². The molecule has 0 fully saturated rings. The van der Waals surface area contributed by atoms with E-state index in [0.29, 0.717) is 31.8 Å². The molecule has 0 aliphatic carbocycles. The summed E-state index contributed by atoms with van der Waals surface area (Å²) in [5.41, 5.74) is -0.459. The van der Waals surface area contributed by atoms with Crippen molar-refractivity contribution < 1.29 is 17.9 Å². The second-order valence-corrected chi connectivity index (χ2v) is 7.86. The van der Waals surface area contributed by atoms with Gasteiger partial charge in [-0.15, -0.1) is 0 Å². The molecule has 120 valence electrons. The minimum atomic E-state index is -3.55. The van der Waals surface area contributed by atoms with Gasteiger partial charge >= 0.3 is 0 Å². The molecule has 0 N–H and O–H groups in total. The molecule has 0 amide bonds. The van der Waals surface area contributed by atoms with Crippen molar-refractivity contribution in [1.82, 2.24) is 0 Å². The van der Waals surface area contributed by atoms with Gasteiger partial charge in [-0.3, -0.25) is 0 Å². The maximum Gasteiger partial charge on any atom is 0.233 e. The molecule has 6 heteroatoms. The van der Waals surface area contributed by atoms with Crippen LogP contribution in [-0.4, -0.2) is 27.4 Å². The zero-order chi connectivity index (χ0) is 15.9. The summed E-state index contributed by atoms with van der Waals surface area (Å²) in [7, 11) is 1.86. The van der Waals surface area contributed by atoms with Crippen LogP contribution in [0.2, 0.25) is 0 Å². The van der Waals surface area contributed by atoms with E-state index in [0.717, 1.165) is 5.75 Å². The van der Waals surface area contributed by atoms with Gasteiger partial charge in [0.1, 0.15) is 11.5 Å². The van der Waals surface area contributed by atoms with Crippen LogP contribution in [0.5, 0.6) is 11.5 Å². The lowest BCUT2D eigenvalue weighted by Crippen LogP contribution is -2.33. The van der Waals surface area contributed by atoms with Crippen LogP contribution in [0.25, 0.3) is 0 Å². The molecule has 1 aromatic carbocycles. The number of hydrogen-bond donors (Lipinski definition) is 0. The third kappa shape index (κ3) is 6.14. The molecule has 0 atom stereocenters. The normalized spacial score (nSPS) is 12.2. The second kappa shape index (κ2) is 7.90. The zero-order valence-corrected chi connectivity index (χ0v) is 14.3. The Bertz CT molecular complexity index is 521. The Morgan fingerprint density at radius 1 is 1.00 bits per heavy atom. The molecule has 4 nitrogen and oxygen atoms in total. The van der Waals surface area contributed by atoms with Crippen LogP contribution in [0, 0.1) is 5.41 Å². The number of ether oxygens (including phenoxy) is 2. The lowest BCUT2D eigenvalue weighted by Gasteiger charge is -2.30. The van der Waals surface area contributed by atoms with E-state index in [2.05, 4.69) is 0 Å². The summed E-state index contributed by atoms with van der Waals surface area (Å²) in [5, 5.41) is 0. The molecule has 0 heterocycles. The minimum Gasteiger partial charge on any atom is -0.494 e. The molecule has 0 aliphatic rings. The topological polar surface area (TPSA) is 52.6 Å². The van der Waals surface area contributed by atoms with Gasteiger partial charge in [0, 0.05) is 16.1 Å². The molecule has 0 saturated heterocycles. The first-order valence-corrected chi connectivity index (χ1v) is 9.60. The molecule has 0 aromatic heterocycles. The lowest BCUT2D eigenvalue weighted by atomic mass is 9.85. The Morgan fingerprint density at radius 2 is 1.48 bits per heavy atom. The van der Waals surface area contributed by atoms with Gasteiger partial charge in [-0.1, -0.05) is 13.8 Å². The van der Waals surface area contributed by atoms with Gasteiger partial charge in [0.15, 0.2) is 0 Å². The van der Waals surface area contributed by atoms with Gasteiger partial charge in [-0.2, -0.15) is 0 Å².